The quantitative estimate of drug-likeness (QED) is 0.507. The third-order valence-corrected chi connectivity index (χ3v) is 5.40. The fraction of sp³-hybridized carbons (Fsp3) is 0.318. The molecule has 0 saturated carbocycles. The molecule has 160 valence electrons. The van der Waals surface area contributed by atoms with E-state index in [1.807, 2.05) is 35.7 Å². The predicted molar refractivity (Wildman–Crippen MR) is 119 cm³/mol. The number of thiazole rings is 1. The predicted octanol–water partition coefficient (Wildman–Crippen LogP) is 4.51. The molecule has 0 radical (unpaired) electrons. The number of rotatable bonds is 10. The van der Waals surface area contributed by atoms with Crippen molar-refractivity contribution >= 4 is 16.5 Å². The van der Waals surface area contributed by atoms with Crippen LogP contribution in [0.25, 0.3) is 11.3 Å². The van der Waals surface area contributed by atoms with Gasteiger partial charge in [-0.25, -0.2) is 4.98 Å². The number of methoxy groups -OCH3 is 5. The van der Waals surface area contributed by atoms with E-state index in [1.54, 1.807) is 46.9 Å². The molecule has 0 aliphatic carbocycles. The number of ether oxygens (including phenoxy) is 5. The van der Waals surface area contributed by atoms with Gasteiger partial charge in [-0.2, -0.15) is 0 Å². The van der Waals surface area contributed by atoms with E-state index in [-0.39, 0.29) is 0 Å². The minimum atomic E-state index is 0.562. The summed E-state index contributed by atoms with van der Waals surface area (Å²) in [5.41, 5.74) is 2.89. The Balaban J connectivity index is 1.69. The van der Waals surface area contributed by atoms with Crippen molar-refractivity contribution < 1.29 is 23.7 Å². The summed E-state index contributed by atoms with van der Waals surface area (Å²) in [5, 5.41) is 6.22. The smallest absolute Gasteiger partial charge is 0.203 e. The number of hydrogen-bond acceptors (Lipinski definition) is 8. The number of nitrogens with one attached hydrogen (secondary N) is 1. The van der Waals surface area contributed by atoms with Crippen LogP contribution in [0.2, 0.25) is 0 Å². The van der Waals surface area contributed by atoms with Crippen molar-refractivity contribution in [2.75, 3.05) is 47.4 Å². The van der Waals surface area contributed by atoms with E-state index in [1.165, 1.54) is 0 Å². The van der Waals surface area contributed by atoms with Crippen LogP contribution in [0.1, 0.15) is 5.56 Å². The molecule has 1 N–H and O–H groups in total. The summed E-state index contributed by atoms with van der Waals surface area (Å²) in [5.74, 6) is 3.22. The van der Waals surface area contributed by atoms with Gasteiger partial charge in [0.1, 0.15) is 0 Å². The molecule has 0 amide bonds. The highest BCUT2D eigenvalue weighted by Crippen LogP contribution is 2.41. The van der Waals surface area contributed by atoms with E-state index >= 15 is 0 Å². The molecule has 1 heterocycles. The second-order valence-electron chi connectivity index (χ2n) is 6.32. The monoisotopic (exact) mass is 430 g/mol. The molecular formula is C22H26N2O5S. The SMILES string of the molecule is COc1ccc(CCNc2nc(-c3cc(OC)c(OC)c(OC)c3)cs2)cc1OC. The molecule has 7 nitrogen and oxygen atoms in total. The molecule has 3 rings (SSSR count). The number of aromatic nitrogens is 1. The topological polar surface area (TPSA) is 71.1 Å². The molecule has 0 fully saturated rings. The van der Waals surface area contributed by atoms with Crippen LogP contribution in [0.15, 0.2) is 35.7 Å². The number of anilines is 1. The third-order valence-electron chi connectivity index (χ3n) is 4.60. The molecule has 3 aromatic rings. The lowest BCUT2D eigenvalue weighted by Gasteiger charge is -2.13. The Bertz CT molecular complexity index is 964. The zero-order valence-electron chi connectivity index (χ0n) is 17.8. The fourth-order valence-corrected chi connectivity index (χ4v) is 3.81. The summed E-state index contributed by atoms with van der Waals surface area (Å²) in [6.07, 6.45) is 0.833. The van der Waals surface area contributed by atoms with Crippen molar-refractivity contribution in [1.29, 1.82) is 0 Å². The highest BCUT2D eigenvalue weighted by molar-refractivity contribution is 7.14. The van der Waals surface area contributed by atoms with Crippen molar-refractivity contribution in [3.8, 4) is 40.0 Å². The van der Waals surface area contributed by atoms with Gasteiger partial charge < -0.3 is 29.0 Å². The maximum absolute atomic E-state index is 5.43. The van der Waals surface area contributed by atoms with Gasteiger partial charge in [0.2, 0.25) is 5.75 Å². The summed E-state index contributed by atoms with van der Waals surface area (Å²) in [4.78, 5) is 4.69. The summed E-state index contributed by atoms with van der Waals surface area (Å²) >= 11 is 1.55. The molecule has 0 atom stereocenters. The van der Waals surface area contributed by atoms with Crippen LogP contribution in [0.4, 0.5) is 5.13 Å². The molecule has 0 bridgehead atoms. The van der Waals surface area contributed by atoms with Gasteiger partial charge in [-0.05, 0) is 36.2 Å². The molecule has 0 aliphatic heterocycles. The minimum absolute atomic E-state index is 0.562. The molecule has 0 spiro atoms. The Morgan fingerprint density at radius 2 is 1.47 bits per heavy atom. The zero-order chi connectivity index (χ0) is 21.5. The standard InChI is InChI=1S/C22H26N2O5S/c1-25-17-7-6-14(10-18(17)26-2)8-9-23-22-24-16(13-30-22)15-11-19(27-3)21(29-5)20(12-15)28-4/h6-7,10-13H,8-9H2,1-5H3,(H,23,24). The summed E-state index contributed by atoms with van der Waals surface area (Å²) in [6, 6.07) is 9.73. The van der Waals surface area contributed by atoms with Crippen LogP contribution in [0.3, 0.4) is 0 Å². The van der Waals surface area contributed by atoms with E-state index in [0.29, 0.717) is 17.2 Å². The van der Waals surface area contributed by atoms with Gasteiger partial charge in [-0.15, -0.1) is 11.3 Å². The van der Waals surface area contributed by atoms with Gasteiger partial charge in [-0.1, -0.05) is 6.07 Å². The highest BCUT2D eigenvalue weighted by atomic mass is 32.1. The Labute approximate surface area is 180 Å². The maximum Gasteiger partial charge on any atom is 0.203 e. The third kappa shape index (κ3) is 4.71. The Morgan fingerprint density at radius 3 is 2.07 bits per heavy atom. The largest absolute Gasteiger partial charge is 0.493 e. The Kier molecular flexibility index (Phi) is 7.24. The van der Waals surface area contributed by atoms with Crippen LogP contribution in [-0.4, -0.2) is 47.1 Å². The van der Waals surface area contributed by atoms with Crippen LogP contribution in [0.5, 0.6) is 28.7 Å². The van der Waals surface area contributed by atoms with Gasteiger partial charge in [-0.3, -0.25) is 0 Å². The van der Waals surface area contributed by atoms with E-state index in [2.05, 4.69) is 10.3 Å². The van der Waals surface area contributed by atoms with Gasteiger partial charge >= 0.3 is 0 Å². The second kappa shape index (κ2) is 10.1. The van der Waals surface area contributed by atoms with Crippen LogP contribution >= 0.6 is 11.3 Å². The Hall–Kier alpha value is -3.13. The Morgan fingerprint density at radius 1 is 0.800 bits per heavy atom. The van der Waals surface area contributed by atoms with Crippen molar-refractivity contribution in [2.45, 2.75) is 6.42 Å². The first-order chi connectivity index (χ1) is 14.6. The lowest BCUT2D eigenvalue weighted by atomic mass is 10.1. The zero-order valence-corrected chi connectivity index (χ0v) is 18.6. The molecule has 0 saturated heterocycles. The van der Waals surface area contributed by atoms with Crippen LogP contribution in [-0.2, 0) is 6.42 Å². The minimum Gasteiger partial charge on any atom is -0.493 e. The first-order valence-electron chi connectivity index (χ1n) is 9.34. The van der Waals surface area contributed by atoms with Crippen LogP contribution in [0, 0.1) is 0 Å². The fourth-order valence-electron chi connectivity index (χ4n) is 3.07. The molecule has 0 unspecified atom stereocenters. The van der Waals surface area contributed by atoms with Gasteiger partial charge in [0.15, 0.2) is 28.1 Å². The van der Waals surface area contributed by atoms with E-state index in [0.717, 1.165) is 46.4 Å². The van der Waals surface area contributed by atoms with Crippen molar-refractivity contribution in [1.82, 2.24) is 4.98 Å². The van der Waals surface area contributed by atoms with Crippen molar-refractivity contribution in [2.24, 2.45) is 0 Å². The van der Waals surface area contributed by atoms with Gasteiger partial charge in [0.25, 0.3) is 0 Å². The van der Waals surface area contributed by atoms with Gasteiger partial charge in [0.05, 0.1) is 41.2 Å². The van der Waals surface area contributed by atoms with Crippen molar-refractivity contribution in [3.05, 3.63) is 41.3 Å². The average molecular weight is 431 g/mol. The summed E-state index contributed by atoms with van der Waals surface area (Å²) in [6.45, 7) is 0.748. The lowest BCUT2D eigenvalue weighted by molar-refractivity contribution is 0.324. The normalized spacial score (nSPS) is 10.4. The van der Waals surface area contributed by atoms with E-state index < -0.39 is 0 Å². The molecule has 8 heteroatoms. The molecule has 0 aliphatic rings. The van der Waals surface area contributed by atoms with E-state index in [9.17, 15) is 0 Å². The maximum atomic E-state index is 5.43. The number of hydrogen-bond donors (Lipinski definition) is 1. The first kappa shape index (κ1) is 21.6. The first-order valence-corrected chi connectivity index (χ1v) is 10.2. The second-order valence-corrected chi connectivity index (χ2v) is 7.18. The lowest BCUT2D eigenvalue weighted by Crippen LogP contribution is -2.05. The average Bonchev–Trinajstić information content (AvgIpc) is 3.26. The van der Waals surface area contributed by atoms with E-state index in [4.69, 9.17) is 23.7 Å². The molecule has 2 aromatic carbocycles. The summed E-state index contributed by atoms with van der Waals surface area (Å²) in [7, 11) is 8.06. The summed E-state index contributed by atoms with van der Waals surface area (Å²) < 4.78 is 26.9. The molecular weight excluding hydrogens is 404 g/mol. The molecule has 1 aromatic heterocycles. The van der Waals surface area contributed by atoms with Crippen molar-refractivity contribution in [3.63, 3.8) is 0 Å². The van der Waals surface area contributed by atoms with Crippen LogP contribution < -0.4 is 29.0 Å². The van der Waals surface area contributed by atoms with Gasteiger partial charge in [0, 0.05) is 17.5 Å². The highest BCUT2D eigenvalue weighted by Gasteiger charge is 2.15. The number of nitrogens with zero attached hydrogens (tertiary/aromatic N) is 1. The molecule has 30 heavy (non-hydrogen) atoms. The number of benzene rings is 2.